The highest BCUT2D eigenvalue weighted by Crippen LogP contribution is 2.09. The quantitative estimate of drug-likeness (QED) is 0.806. The van der Waals surface area contributed by atoms with E-state index < -0.39 is 0 Å². The number of pyridine rings is 1. The topological polar surface area (TPSA) is 59.8 Å². The molecule has 2 aromatic heterocycles. The number of hydrogen-bond acceptors (Lipinski definition) is 3. The molecule has 116 valence electrons. The lowest BCUT2D eigenvalue weighted by molar-refractivity contribution is 0.0950. The molecule has 0 aliphatic heterocycles. The molecule has 0 bridgehead atoms. The second-order valence-electron chi connectivity index (χ2n) is 5.37. The van der Waals surface area contributed by atoms with Crippen molar-refractivity contribution in [2.24, 2.45) is 0 Å². The minimum Gasteiger partial charge on any atom is -0.348 e. The van der Waals surface area contributed by atoms with E-state index >= 15 is 0 Å². The van der Waals surface area contributed by atoms with Crippen LogP contribution in [-0.2, 0) is 6.54 Å². The fourth-order valence-corrected chi connectivity index (χ4v) is 2.39. The predicted molar refractivity (Wildman–Crippen MR) is 88.4 cm³/mol. The van der Waals surface area contributed by atoms with Gasteiger partial charge in [-0.3, -0.25) is 9.36 Å². The van der Waals surface area contributed by atoms with E-state index in [1.807, 2.05) is 61.0 Å². The molecule has 5 heteroatoms. The maximum atomic E-state index is 12.2. The first kappa shape index (κ1) is 15.0. The Hall–Kier alpha value is -2.95. The predicted octanol–water partition coefficient (Wildman–Crippen LogP) is 2.81. The summed E-state index contributed by atoms with van der Waals surface area (Å²) < 4.78 is 1.91. The van der Waals surface area contributed by atoms with Gasteiger partial charge in [0.2, 0.25) is 0 Å². The number of aryl methyl sites for hydroxylation is 2. The molecule has 0 aliphatic rings. The first-order valence-corrected chi connectivity index (χ1v) is 7.44. The number of nitrogens with one attached hydrogen (secondary N) is 1. The van der Waals surface area contributed by atoms with Gasteiger partial charge in [-0.25, -0.2) is 9.97 Å². The molecule has 0 saturated heterocycles. The Bertz CT molecular complexity index is 821. The average molecular weight is 306 g/mol. The highest BCUT2D eigenvalue weighted by Gasteiger charge is 2.08. The summed E-state index contributed by atoms with van der Waals surface area (Å²) in [6.45, 7) is 4.31. The summed E-state index contributed by atoms with van der Waals surface area (Å²) >= 11 is 0. The standard InChI is InChI=1S/C18H18N4O/c1-13-5-3-4-6-16(13)18(23)21-12-15-7-8-17(20-11-15)22-10-9-19-14(22)2/h3-11H,12H2,1-2H3,(H,21,23). The molecule has 2 heterocycles. The first-order chi connectivity index (χ1) is 11.1. The van der Waals surface area contributed by atoms with Crippen molar-refractivity contribution in [3.05, 3.63) is 77.5 Å². The van der Waals surface area contributed by atoms with Crippen LogP contribution in [0.3, 0.4) is 0 Å². The molecule has 3 aromatic rings. The zero-order valence-corrected chi connectivity index (χ0v) is 13.2. The van der Waals surface area contributed by atoms with E-state index in [0.29, 0.717) is 12.1 Å². The van der Waals surface area contributed by atoms with Crippen LogP contribution in [0.4, 0.5) is 0 Å². The van der Waals surface area contributed by atoms with Gasteiger partial charge in [-0.1, -0.05) is 24.3 Å². The summed E-state index contributed by atoms with van der Waals surface area (Å²) in [5.41, 5.74) is 2.62. The van der Waals surface area contributed by atoms with Gasteiger partial charge in [0.05, 0.1) is 0 Å². The fourth-order valence-electron chi connectivity index (χ4n) is 2.39. The van der Waals surface area contributed by atoms with Gasteiger partial charge in [0.25, 0.3) is 5.91 Å². The lowest BCUT2D eigenvalue weighted by Crippen LogP contribution is -2.23. The molecule has 3 rings (SSSR count). The third-order valence-electron chi connectivity index (χ3n) is 3.72. The zero-order chi connectivity index (χ0) is 16.2. The summed E-state index contributed by atoms with van der Waals surface area (Å²) in [6, 6.07) is 11.4. The normalized spacial score (nSPS) is 10.5. The molecule has 0 spiro atoms. The number of aromatic nitrogens is 3. The van der Waals surface area contributed by atoms with Crippen molar-refractivity contribution < 1.29 is 4.79 Å². The molecule has 1 N–H and O–H groups in total. The van der Waals surface area contributed by atoms with Crippen LogP contribution in [0.5, 0.6) is 0 Å². The van der Waals surface area contributed by atoms with Gasteiger partial charge >= 0.3 is 0 Å². The molecular formula is C18H18N4O. The van der Waals surface area contributed by atoms with Gasteiger partial charge in [-0.2, -0.15) is 0 Å². The Balaban J connectivity index is 1.66. The van der Waals surface area contributed by atoms with Crippen molar-refractivity contribution >= 4 is 5.91 Å². The van der Waals surface area contributed by atoms with Gasteiger partial charge in [-0.15, -0.1) is 0 Å². The van der Waals surface area contributed by atoms with Crippen LogP contribution < -0.4 is 5.32 Å². The van der Waals surface area contributed by atoms with Crippen LogP contribution in [0.2, 0.25) is 0 Å². The number of carbonyl (C=O) groups excluding carboxylic acids is 1. The minimum absolute atomic E-state index is 0.0716. The van der Waals surface area contributed by atoms with Crippen molar-refractivity contribution in [1.82, 2.24) is 19.9 Å². The van der Waals surface area contributed by atoms with E-state index in [2.05, 4.69) is 15.3 Å². The Labute approximate surface area is 135 Å². The van der Waals surface area contributed by atoms with Crippen molar-refractivity contribution in [2.75, 3.05) is 0 Å². The van der Waals surface area contributed by atoms with Crippen LogP contribution in [0.1, 0.15) is 27.3 Å². The number of amides is 1. The lowest BCUT2D eigenvalue weighted by atomic mass is 10.1. The summed E-state index contributed by atoms with van der Waals surface area (Å²) in [6.07, 6.45) is 5.39. The molecule has 0 saturated carbocycles. The number of nitrogens with zero attached hydrogens (tertiary/aromatic N) is 3. The Kier molecular flexibility index (Phi) is 4.19. The van der Waals surface area contributed by atoms with E-state index in [9.17, 15) is 4.79 Å². The molecule has 0 aliphatic carbocycles. The number of benzene rings is 1. The smallest absolute Gasteiger partial charge is 0.251 e. The van der Waals surface area contributed by atoms with E-state index in [0.717, 1.165) is 22.8 Å². The third kappa shape index (κ3) is 3.29. The van der Waals surface area contributed by atoms with Crippen molar-refractivity contribution in [3.63, 3.8) is 0 Å². The van der Waals surface area contributed by atoms with Gasteiger partial charge in [-0.05, 0) is 37.1 Å². The second kappa shape index (κ2) is 6.44. The minimum atomic E-state index is -0.0716. The van der Waals surface area contributed by atoms with Crippen LogP contribution in [0.15, 0.2) is 55.0 Å². The summed E-state index contributed by atoms with van der Waals surface area (Å²) in [7, 11) is 0. The zero-order valence-electron chi connectivity index (χ0n) is 13.2. The molecular weight excluding hydrogens is 288 g/mol. The Morgan fingerprint density at radius 1 is 1.13 bits per heavy atom. The Morgan fingerprint density at radius 2 is 1.96 bits per heavy atom. The molecule has 0 atom stereocenters. The molecule has 1 aromatic carbocycles. The van der Waals surface area contributed by atoms with E-state index in [-0.39, 0.29) is 5.91 Å². The molecule has 1 amide bonds. The van der Waals surface area contributed by atoms with Crippen LogP contribution in [0, 0.1) is 13.8 Å². The molecule has 0 radical (unpaired) electrons. The Morgan fingerprint density at radius 3 is 2.61 bits per heavy atom. The molecule has 23 heavy (non-hydrogen) atoms. The van der Waals surface area contributed by atoms with E-state index in [1.165, 1.54) is 0 Å². The van der Waals surface area contributed by atoms with Crippen LogP contribution in [-0.4, -0.2) is 20.4 Å². The molecule has 0 fully saturated rings. The largest absolute Gasteiger partial charge is 0.348 e. The average Bonchev–Trinajstić information content (AvgIpc) is 2.99. The number of imidazole rings is 1. The highest BCUT2D eigenvalue weighted by molar-refractivity contribution is 5.95. The van der Waals surface area contributed by atoms with Crippen molar-refractivity contribution in [2.45, 2.75) is 20.4 Å². The third-order valence-corrected chi connectivity index (χ3v) is 3.72. The highest BCUT2D eigenvalue weighted by atomic mass is 16.1. The van der Waals surface area contributed by atoms with Gasteiger partial charge in [0, 0.05) is 30.7 Å². The first-order valence-electron chi connectivity index (χ1n) is 7.44. The summed E-state index contributed by atoms with van der Waals surface area (Å²) in [4.78, 5) is 20.8. The maximum Gasteiger partial charge on any atom is 0.251 e. The van der Waals surface area contributed by atoms with Gasteiger partial charge in [0.1, 0.15) is 11.6 Å². The van der Waals surface area contributed by atoms with Gasteiger partial charge in [0.15, 0.2) is 0 Å². The maximum absolute atomic E-state index is 12.2. The number of carbonyl (C=O) groups is 1. The van der Waals surface area contributed by atoms with Gasteiger partial charge < -0.3 is 5.32 Å². The second-order valence-corrected chi connectivity index (χ2v) is 5.37. The van der Waals surface area contributed by atoms with E-state index in [4.69, 9.17) is 0 Å². The monoisotopic (exact) mass is 306 g/mol. The lowest BCUT2D eigenvalue weighted by Gasteiger charge is -2.08. The number of hydrogen-bond donors (Lipinski definition) is 1. The fraction of sp³-hybridized carbons (Fsp3) is 0.167. The van der Waals surface area contributed by atoms with Crippen LogP contribution in [0.25, 0.3) is 5.82 Å². The molecule has 0 unspecified atom stereocenters. The summed E-state index contributed by atoms with van der Waals surface area (Å²) in [5.74, 6) is 1.63. The van der Waals surface area contributed by atoms with Crippen LogP contribution >= 0.6 is 0 Å². The van der Waals surface area contributed by atoms with Crippen molar-refractivity contribution in [3.8, 4) is 5.82 Å². The molecule has 5 nitrogen and oxygen atoms in total. The summed E-state index contributed by atoms with van der Waals surface area (Å²) in [5, 5.41) is 2.92. The number of rotatable bonds is 4. The SMILES string of the molecule is Cc1ccccc1C(=O)NCc1ccc(-n2ccnc2C)nc1. The van der Waals surface area contributed by atoms with E-state index in [1.54, 1.807) is 12.4 Å². The van der Waals surface area contributed by atoms with Crippen molar-refractivity contribution in [1.29, 1.82) is 0 Å².